The van der Waals surface area contributed by atoms with Crippen LogP contribution in [0.3, 0.4) is 0 Å². The van der Waals surface area contributed by atoms with Gasteiger partial charge in [-0.1, -0.05) is 36.9 Å². The van der Waals surface area contributed by atoms with Crippen LogP contribution in [0, 0.1) is 6.92 Å². The van der Waals surface area contributed by atoms with Crippen LogP contribution in [0.1, 0.15) is 24.7 Å². The summed E-state index contributed by atoms with van der Waals surface area (Å²) >= 11 is 1.58. The zero-order valence-electron chi connectivity index (χ0n) is 12.5. The summed E-state index contributed by atoms with van der Waals surface area (Å²) in [6, 6.07) is 8.17. The van der Waals surface area contributed by atoms with E-state index in [0.717, 1.165) is 29.6 Å². The lowest BCUT2D eigenvalue weighted by Crippen LogP contribution is -2.05. The summed E-state index contributed by atoms with van der Waals surface area (Å²) in [6.07, 6.45) is 2.74. The second-order valence-electron chi connectivity index (χ2n) is 4.88. The summed E-state index contributed by atoms with van der Waals surface area (Å²) in [5.41, 5.74) is 2.27. The van der Waals surface area contributed by atoms with Crippen LogP contribution >= 0.6 is 11.8 Å². The zero-order chi connectivity index (χ0) is 15.4. The third-order valence-corrected chi connectivity index (χ3v) is 4.20. The summed E-state index contributed by atoms with van der Waals surface area (Å²) in [7, 11) is 0. The number of aryl methyl sites for hydroxylation is 2. The van der Waals surface area contributed by atoms with E-state index in [4.69, 9.17) is 0 Å². The first kappa shape index (κ1) is 14.7. The van der Waals surface area contributed by atoms with Crippen molar-refractivity contribution < 1.29 is 0 Å². The topological polar surface area (TPSA) is 74.3 Å². The molecule has 0 saturated carbocycles. The fraction of sp³-hybridized carbons (Fsp3) is 0.357. The summed E-state index contributed by atoms with van der Waals surface area (Å²) in [4.78, 5) is 0. The number of benzene rings is 1. The summed E-state index contributed by atoms with van der Waals surface area (Å²) in [5, 5.41) is 20.9. The van der Waals surface area contributed by atoms with Gasteiger partial charge in [0, 0.05) is 6.54 Å². The van der Waals surface area contributed by atoms with E-state index in [-0.39, 0.29) is 0 Å². The van der Waals surface area contributed by atoms with Gasteiger partial charge < -0.3 is 0 Å². The summed E-state index contributed by atoms with van der Waals surface area (Å²) in [5.74, 6) is 1.52. The predicted octanol–water partition coefficient (Wildman–Crippen LogP) is 2.26. The third kappa shape index (κ3) is 3.01. The van der Waals surface area contributed by atoms with Gasteiger partial charge in [-0.05, 0) is 35.4 Å². The minimum absolute atomic E-state index is 0.664. The Hall–Kier alpha value is -2.22. The van der Waals surface area contributed by atoms with E-state index in [1.54, 1.807) is 18.1 Å². The fourth-order valence-corrected chi connectivity index (χ4v) is 3.02. The molecular weight excluding hydrogens is 298 g/mol. The van der Waals surface area contributed by atoms with Crippen molar-refractivity contribution in [3.8, 4) is 5.69 Å². The SMILES string of the molecule is CCCn1nnnc1CSc1nncn1-c1ccccc1C. The van der Waals surface area contributed by atoms with E-state index in [2.05, 4.69) is 51.7 Å². The van der Waals surface area contributed by atoms with Crippen LogP contribution in [0.25, 0.3) is 5.69 Å². The van der Waals surface area contributed by atoms with Gasteiger partial charge in [-0.25, -0.2) is 4.68 Å². The molecule has 2 aromatic heterocycles. The van der Waals surface area contributed by atoms with E-state index >= 15 is 0 Å². The summed E-state index contributed by atoms with van der Waals surface area (Å²) in [6.45, 7) is 5.01. The van der Waals surface area contributed by atoms with Crippen LogP contribution in [-0.4, -0.2) is 35.0 Å². The first-order valence-electron chi connectivity index (χ1n) is 7.13. The second kappa shape index (κ2) is 6.69. The Balaban J connectivity index is 1.79. The number of aromatic nitrogens is 7. The maximum atomic E-state index is 4.21. The molecule has 0 aliphatic rings. The number of tetrazole rings is 1. The molecule has 0 amide bonds. The first-order valence-corrected chi connectivity index (χ1v) is 8.12. The largest absolute Gasteiger partial charge is 0.276 e. The minimum atomic E-state index is 0.664. The van der Waals surface area contributed by atoms with Gasteiger partial charge in [-0.2, -0.15) is 0 Å². The Morgan fingerprint density at radius 1 is 1.18 bits per heavy atom. The van der Waals surface area contributed by atoms with E-state index in [9.17, 15) is 0 Å². The second-order valence-corrected chi connectivity index (χ2v) is 5.82. The number of thioether (sulfide) groups is 1. The zero-order valence-corrected chi connectivity index (χ0v) is 13.4. The molecule has 7 nitrogen and oxygen atoms in total. The monoisotopic (exact) mass is 315 g/mol. The molecule has 0 aliphatic heterocycles. The molecule has 1 aromatic carbocycles. The number of hydrogen-bond donors (Lipinski definition) is 0. The van der Waals surface area contributed by atoms with Crippen molar-refractivity contribution in [1.29, 1.82) is 0 Å². The lowest BCUT2D eigenvalue weighted by atomic mass is 10.2. The summed E-state index contributed by atoms with van der Waals surface area (Å²) < 4.78 is 3.83. The molecule has 0 spiro atoms. The van der Waals surface area contributed by atoms with E-state index < -0.39 is 0 Å². The Kier molecular flexibility index (Phi) is 4.47. The molecule has 3 aromatic rings. The average molecular weight is 315 g/mol. The number of hydrogen-bond acceptors (Lipinski definition) is 6. The molecule has 0 unspecified atom stereocenters. The third-order valence-electron chi connectivity index (χ3n) is 3.26. The molecule has 0 saturated heterocycles. The molecule has 0 atom stereocenters. The molecule has 0 radical (unpaired) electrons. The van der Waals surface area contributed by atoms with Crippen LogP contribution in [0.2, 0.25) is 0 Å². The Labute approximate surface area is 132 Å². The molecule has 114 valence electrons. The normalized spacial score (nSPS) is 11.0. The molecule has 22 heavy (non-hydrogen) atoms. The first-order chi connectivity index (χ1) is 10.8. The quantitative estimate of drug-likeness (QED) is 0.650. The standard InChI is InChI=1S/C14H17N7S/c1-3-8-21-13(16-18-19-21)9-22-14-17-15-10-20(14)12-7-5-4-6-11(12)2/h4-7,10H,3,8-9H2,1-2H3. The van der Waals surface area contributed by atoms with Crippen molar-refractivity contribution in [3.05, 3.63) is 42.0 Å². The lowest BCUT2D eigenvalue weighted by Gasteiger charge is -2.08. The van der Waals surface area contributed by atoms with Crippen molar-refractivity contribution in [2.45, 2.75) is 37.7 Å². The van der Waals surface area contributed by atoms with Gasteiger partial charge in [0.2, 0.25) is 0 Å². The van der Waals surface area contributed by atoms with E-state index in [1.807, 2.05) is 21.4 Å². The smallest absolute Gasteiger partial charge is 0.196 e. The van der Waals surface area contributed by atoms with Gasteiger partial charge in [0.25, 0.3) is 0 Å². The van der Waals surface area contributed by atoms with Crippen molar-refractivity contribution in [2.24, 2.45) is 0 Å². The minimum Gasteiger partial charge on any atom is -0.276 e. The highest BCUT2D eigenvalue weighted by atomic mass is 32.2. The maximum Gasteiger partial charge on any atom is 0.196 e. The lowest BCUT2D eigenvalue weighted by molar-refractivity contribution is 0.564. The van der Waals surface area contributed by atoms with Crippen molar-refractivity contribution in [3.63, 3.8) is 0 Å². The Bertz CT molecular complexity index is 749. The molecule has 0 aliphatic carbocycles. The van der Waals surface area contributed by atoms with E-state index in [0.29, 0.717) is 5.75 Å². The Morgan fingerprint density at radius 2 is 2.05 bits per heavy atom. The van der Waals surface area contributed by atoms with Gasteiger partial charge in [-0.3, -0.25) is 4.57 Å². The van der Waals surface area contributed by atoms with Crippen LogP contribution in [-0.2, 0) is 12.3 Å². The van der Waals surface area contributed by atoms with Crippen LogP contribution in [0.4, 0.5) is 0 Å². The molecule has 0 bridgehead atoms. The van der Waals surface area contributed by atoms with Crippen molar-refractivity contribution in [1.82, 2.24) is 35.0 Å². The van der Waals surface area contributed by atoms with Crippen LogP contribution in [0.5, 0.6) is 0 Å². The maximum absolute atomic E-state index is 4.21. The number of rotatable bonds is 6. The van der Waals surface area contributed by atoms with Crippen molar-refractivity contribution in [2.75, 3.05) is 0 Å². The van der Waals surface area contributed by atoms with Crippen LogP contribution in [0.15, 0.2) is 35.7 Å². The molecular formula is C14H17N7S. The van der Waals surface area contributed by atoms with E-state index in [1.165, 1.54) is 5.56 Å². The predicted molar refractivity (Wildman–Crippen MR) is 83.8 cm³/mol. The van der Waals surface area contributed by atoms with Gasteiger partial charge in [0.15, 0.2) is 11.0 Å². The highest BCUT2D eigenvalue weighted by Crippen LogP contribution is 2.23. The molecule has 8 heteroatoms. The van der Waals surface area contributed by atoms with Gasteiger partial charge in [0.1, 0.15) is 6.33 Å². The van der Waals surface area contributed by atoms with Crippen LogP contribution < -0.4 is 0 Å². The average Bonchev–Trinajstić information content (AvgIpc) is 3.15. The van der Waals surface area contributed by atoms with Crippen molar-refractivity contribution >= 4 is 11.8 Å². The fourth-order valence-electron chi connectivity index (χ4n) is 2.16. The van der Waals surface area contributed by atoms with Gasteiger partial charge >= 0.3 is 0 Å². The molecule has 0 N–H and O–H groups in total. The molecule has 0 fully saturated rings. The number of para-hydroxylation sites is 1. The number of nitrogens with zero attached hydrogens (tertiary/aromatic N) is 7. The molecule has 2 heterocycles. The highest BCUT2D eigenvalue weighted by Gasteiger charge is 2.12. The molecule has 3 rings (SSSR count). The highest BCUT2D eigenvalue weighted by molar-refractivity contribution is 7.98. The Morgan fingerprint density at radius 3 is 2.86 bits per heavy atom. The van der Waals surface area contributed by atoms with Gasteiger partial charge in [0.05, 0.1) is 11.4 Å². The van der Waals surface area contributed by atoms with Gasteiger partial charge in [-0.15, -0.1) is 15.3 Å².